The summed E-state index contributed by atoms with van der Waals surface area (Å²) in [6.07, 6.45) is -0.135. The molecule has 0 radical (unpaired) electrons. The van der Waals surface area contributed by atoms with Crippen LogP contribution in [-0.4, -0.2) is 19.3 Å². The topological polar surface area (TPSA) is 21.3 Å². The lowest BCUT2D eigenvalue weighted by molar-refractivity contribution is -0.136. The summed E-state index contributed by atoms with van der Waals surface area (Å²) >= 11 is 0. The van der Waals surface area contributed by atoms with E-state index in [2.05, 4.69) is 5.32 Å². The number of halogens is 3. The zero-order chi connectivity index (χ0) is 13.7. The minimum absolute atomic E-state index is 0.155. The first kappa shape index (κ1) is 14.2. The van der Waals surface area contributed by atoms with Crippen LogP contribution in [0.25, 0.3) is 0 Å². The molecule has 1 N–H and O–H groups in total. The van der Waals surface area contributed by atoms with Gasteiger partial charge < -0.3 is 10.1 Å². The van der Waals surface area contributed by atoms with Crippen LogP contribution < -0.4 is 5.32 Å². The molecule has 0 spiro atoms. The molecule has 1 unspecified atom stereocenters. The Hall–Kier alpha value is -1.23. The third kappa shape index (κ3) is 4.13. The van der Waals surface area contributed by atoms with E-state index in [1.807, 2.05) is 0 Å². The molecule has 5 heteroatoms. The third-order valence-electron chi connectivity index (χ3n) is 3.27. The predicted molar refractivity (Wildman–Crippen MR) is 68.1 cm³/mol. The average molecular weight is 273 g/mol. The minimum atomic E-state index is -4.31. The van der Waals surface area contributed by atoms with Crippen molar-refractivity contribution in [1.29, 1.82) is 0 Å². The number of benzene rings is 1. The Kier molecular flexibility index (Phi) is 4.69. The highest BCUT2D eigenvalue weighted by atomic mass is 19.4. The Bertz CT molecular complexity index is 400. The van der Waals surface area contributed by atoms with E-state index in [9.17, 15) is 13.2 Å². The molecule has 1 saturated heterocycles. The van der Waals surface area contributed by atoms with Crippen molar-refractivity contribution in [3.05, 3.63) is 29.8 Å². The first-order chi connectivity index (χ1) is 9.07. The van der Waals surface area contributed by atoms with Crippen LogP contribution in [0.5, 0.6) is 0 Å². The first-order valence-electron chi connectivity index (χ1n) is 6.59. The maximum absolute atomic E-state index is 12.7. The molecule has 1 fully saturated rings. The van der Waals surface area contributed by atoms with Crippen molar-refractivity contribution < 1.29 is 17.9 Å². The van der Waals surface area contributed by atoms with Crippen molar-refractivity contribution >= 4 is 5.69 Å². The van der Waals surface area contributed by atoms with Gasteiger partial charge in [-0.05, 0) is 37.8 Å². The van der Waals surface area contributed by atoms with E-state index in [1.165, 1.54) is 12.1 Å². The van der Waals surface area contributed by atoms with Gasteiger partial charge in [0.25, 0.3) is 0 Å². The van der Waals surface area contributed by atoms with Crippen LogP contribution in [0.15, 0.2) is 24.3 Å². The number of rotatable bonds is 5. The van der Waals surface area contributed by atoms with Gasteiger partial charge in [-0.25, -0.2) is 0 Å². The Morgan fingerprint density at radius 3 is 2.74 bits per heavy atom. The summed E-state index contributed by atoms with van der Waals surface area (Å²) < 4.78 is 43.7. The van der Waals surface area contributed by atoms with E-state index < -0.39 is 11.7 Å². The Balaban J connectivity index is 1.82. The number of hydrogen-bond donors (Lipinski definition) is 1. The Morgan fingerprint density at radius 1 is 1.26 bits per heavy atom. The van der Waals surface area contributed by atoms with Crippen molar-refractivity contribution in [2.24, 2.45) is 0 Å². The number of anilines is 1. The molecule has 106 valence electrons. The normalized spacial score (nSPS) is 19.6. The van der Waals surface area contributed by atoms with Gasteiger partial charge in [-0.1, -0.05) is 12.1 Å². The maximum Gasteiger partial charge on any atom is 0.418 e. The molecular formula is C14H18F3NO. The number of nitrogens with one attached hydrogen (secondary N) is 1. The molecule has 1 aliphatic heterocycles. The molecule has 1 heterocycles. The monoisotopic (exact) mass is 273 g/mol. The Morgan fingerprint density at radius 2 is 2.05 bits per heavy atom. The second kappa shape index (κ2) is 6.28. The van der Waals surface area contributed by atoms with Crippen molar-refractivity contribution in [2.45, 2.75) is 38.0 Å². The van der Waals surface area contributed by atoms with E-state index in [-0.39, 0.29) is 5.69 Å². The van der Waals surface area contributed by atoms with Crippen LogP contribution in [0, 0.1) is 0 Å². The van der Waals surface area contributed by atoms with Gasteiger partial charge in [-0.2, -0.15) is 13.2 Å². The lowest BCUT2D eigenvalue weighted by atomic mass is 10.1. The van der Waals surface area contributed by atoms with Crippen LogP contribution in [0.1, 0.15) is 31.2 Å². The first-order valence-corrected chi connectivity index (χ1v) is 6.59. The number of ether oxygens (including phenoxy) is 1. The molecule has 2 nitrogen and oxygen atoms in total. The fraction of sp³-hybridized carbons (Fsp3) is 0.571. The largest absolute Gasteiger partial charge is 0.418 e. The number of para-hydroxylation sites is 1. The van der Waals surface area contributed by atoms with Gasteiger partial charge in [0.15, 0.2) is 0 Å². The molecule has 0 aromatic heterocycles. The number of hydrogen-bond acceptors (Lipinski definition) is 2. The molecule has 0 bridgehead atoms. The van der Waals surface area contributed by atoms with Crippen LogP contribution in [0.3, 0.4) is 0 Å². The second-order valence-electron chi connectivity index (χ2n) is 4.75. The molecule has 2 rings (SSSR count). The van der Waals surface area contributed by atoms with Gasteiger partial charge in [-0.15, -0.1) is 0 Å². The summed E-state index contributed by atoms with van der Waals surface area (Å²) in [5.41, 5.74) is -0.450. The SMILES string of the molecule is FC(F)(F)c1ccccc1NCCCC1CCCO1. The van der Waals surface area contributed by atoms with Gasteiger partial charge in [0.1, 0.15) is 0 Å². The Labute approximate surface area is 111 Å². The summed E-state index contributed by atoms with van der Waals surface area (Å²) in [5, 5.41) is 2.87. The predicted octanol–water partition coefficient (Wildman–Crippen LogP) is 4.08. The van der Waals surface area contributed by atoms with Crippen molar-refractivity contribution in [2.75, 3.05) is 18.5 Å². The lowest BCUT2D eigenvalue weighted by Gasteiger charge is -2.15. The van der Waals surface area contributed by atoms with Gasteiger partial charge in [-0.3, -0.25) is 0 Å². The maximum atomic E-state index is 12.7. The third-order valence-corrected chi connectivity index (χ3v) is 3.27. The molecule has 1 aromatic rings. The zero-order valence-electron chi connectivity index (χ0n) is 10.7. The number of alkyl halides is 3. The second-order valence-corrected chi connectivity index (χ2v) is 4.75. The molecule has 0 saturated carbocycles. The van der Waals surface area contributed by atoms with E-state index in [0.717, 1.165) is 38.4 Å². The summed E-state index contributed by atoms with van der Waals surface area (Å²) in [6.45, 7) is 1.35. The molecule has 1 aliphatic rings. The molecule has 1 atom stereocenters. The highest BCUT2D eigenvalue weighted by Gasteiger charge is 2.32. The fourth-order valence-corrected chi connectivity index (χ4v) is 2.31. The van der Waals surface area contributed by atoms with Crippen LogP contribution in [0.2, 0.25) is 0 Å². The van der Waals surface area contributed by atoms with Crippen LogP contribution in [0.4, 0.5) is 18.9 Å². The van der Waals surface area contributed by atoms with Crippen molar-refractivity contribution in [3.63, 3.8) is 0 Å². The molecule has 0 amide bonds. The summed E-state index contributed by atoms with van der Waals surface area (Å²) in [6, 6.07) is 5.58. The molecular weight excluding hydrogens is 255 g/mol. The summed E-state index contributed by atoms with van der Waals surface area (Å²) in [5.74, 6) is 0. The van der Waals surface area contributed by atoms with Gasteiger partial charge in [0, 0.05) is 18.8 Å². The van der Waals surface area contributed by atoms with Crippen LogP contribution in [-0.2, 0) is 10.9 Å². The summed E-state index contributed by atoms with van der Waals surface area (Å²) in [7, 11) is 0. The van der Waals surface area contributed by atoms with Crippen molar-refractivity contribution in [3.8, 4) is 0 Å². The zero-order valence-corrected chi connectivity index (χ0v) is 10.7. The molecule has 0 aliphatic carbocycles. The average Bonchev–Trinajstić information content (AvgIpc) is 2.87. The van der Waals surface area contributed by atoms with E-state index in [4.69, 9.17) is 4.74 Å². The van der Waals surface area contributed by atoms with E-state index in [1.54, 1.807) is 6.07 Å². The molecule has 19 heavy (non-hydrogen) atoms. The van der Waals surface area contributed by atoms with E-state index >= 15 is 0 Å². The standard InChI is InChI=1S/C14H18F3NO/c15-14(16,17)12-7-1-2-8-13(12)18-9-3-5-11-6-4-10-19-11/h1-2,7-8,11,18H,3-6,9-10H2. The fourth-order valence-electron chi connectivity index (χ4n) is 2.31. The van der Waals surface area contributed by atoms with Gasteiger partial charge in [0.05, 0.1) is 11.7 Å². The summed E-state index contributed by atoms with van der Waals surface area (Å²) in [4.78, 5) is 0. The van der Waals surface area contributed by atoms with Crippen LogP contribution >= 0.6 is 0 Å². The highest BCUT2D eigenvalue weighted by molar-refractivity contribution is 5.52. The van der Waals surface area contributed by atoms with Gasteiger partial charge >= 0.3 is 6.18 Å². The minimum Gasteiger partial charge on any atom is -0.385 e. The van der Waals surface area contributed by atoms with Crippen molar-refractivity contribution in [1.82, 2.24) is 0 Å². The van der Waals surface area contributed by atoms with Gasteiger partial charge in [0.2, 0.25) is 0 Å². The quantitative estimate of drug-likeness (QED) is 0.816. The lowest BCUT2D eigenvalue weighted by Crippen LogP contribution is -2.13. The smallest absolute Gasteiger partial charge is 0.385 e. The van der Waals surface area contributed by atoms with E-state index in [0.29, 0.717) is 12.6 Å². The highest BCUT2D eigenvalue weighted by Crippen LogP contribution is 2.34. The molecule has 1 aromatic carbocycles.